The summed E-state index contributed by atoms with van der Waals surface area (Å²) >= 11 is 0. The van der Waals surface area contributed by atoms with Crippen molar-refractivity contribution in [2.75, 3.05) is 44.3 Å². The number of halogens is 1. The summed E-state index contributed by atoms with van der Waals surface area (Å²) in [5.41, 5.74) is 2.73. The normalized spacial score (nSPS) is 17.6. The number of fused-ring (bicyclic) bond motifs is 1. The van der Waals surface area contributed by atoms with Crippen molar-refractivity contribution >= 4 is 22.8 Å². The smallest absolute Gasteiger partial charge is 0.410 e. The van der Waals surface area contributed by atoms with E-state index < -0.39 is 5.95 Å². The Hall–Kier alpha value is -3.14. The summed E-state index contributed by atoms with van der Waals surface area (Å²) in [6.45, 7) is 3.46. The van der Waals surface area contributed by atoms with Gasteiger partial charge in [0.05, 0.1) is 24.5 Å². The number of pyridine rings is 1. The van der Waals surface area contributed by atoms with Crippen LogP contribution in [0.25, 0.3) is 22.3 Å². The van der Waals surface area contributed by atoms with Crippen molar-refractivity contribution in [2.45, 2.75) is 6.10 Å². The molecule has 0 spiro atoms. The highest BCUT2D eigenvalue weighted by atomic mass is 19.1. The van der Waals surface area contributed by atoms with Crippen molar-refractivity contribution in [1.29, 1.82) is 0 Å². The minimum Gasteiger partial charge on any atom is -0.441 e. The Morgan fingerprint density at radius 3 is 2.76 bits per heavy atom. The first-order valence-electron chi connectivity index (χ1n) is 9.54. The second kappa shape index (κ2) is 7.03. The van der Waals surface area contributed by atoms with Gasteiger partial charge in [0.25, 0.3) is 0 Å². The monoisotopic (exact) mass is 400 g/mol. The number of nitrogens with one attached hydrogen (secondary N) is 1. The molecule has 1 amide bonds. The molecule has 152 valence electrons. The number of aryl methyl sites for hydroxylation is 1. The predicted molar refractivity (Wildman–Crippen MR) is 103 cm³/mol. The molecule has 0 radical (unpaired) electrons. The maximum atomic E-state index is 14.1. The van der Waals surface area contributed by atoms with Gasteiger partial charge in [0.2, 0.25) is 5.95 Å². The van der Waals surface area contributed by atoms with E-state index in [0.29, 0.717) is 56.3 Å². The number of hydrogen-bond donors (Lipinski definition) is 1. The van der Waals surface area contributed by atoms with Crippen LogP contribution >= 0.6 is 0 Å². The third kappa shape index (κ3) is 3.29. The summed E-state index contributed by atoms with van der Waals surface area (Å²) in [6, 6.07) is 3.84. The Balaban J connectivity index is 1.34. The van der Waals surface area contributed by atoms with E-state index >= 15 is 0 Å². The lowest BCUT2D eigenvalue weighted by Gasteiger charge is -2.37. The molecule has 0 unspecified atom stereocenters. The molecule has 2 aliphatic rings. The quantitative estimate of drug-likeness (QED) is 0.721. The van der Waals surface area contributed by atoms with Crippen LogP contribution in [0.1, 0.15) is 0 Å². The van der Waals surface area contributed by atoms with Crippen LogP contribution in [0.5, 0.6) is 0 Å². The van der Waals surface area contributed by atoms with E-state index in [4.69, 9.17) is 9.47 Å². The number of H-pyrrole nitrogens is 1. The molecule has 0 bridgehead atoms. The van der Waals surface area contributed by atoms with E-state index in [0.717, 1.165) is 11.1 Å². The summed E-state index contributed by atoms with van der Waals surface area (Å²) < 4.78 is 25.9. The number of aromatic amines is 1. The number of nitrogens with zero attached hydrogens (tertiary/aromatic N) is 5. The van der Waals surface area contributed by atoms with Crippen molar-refractivity contribution < 1.29 is 18.7 Å². The zero-order valence-electron chi connectivity index (χ0n) is 16.0. The molecule has 1 N–H and O–H groups in total. The molecular formula is C19H21FN6O3. The van der Waals surface area contributed by atoms with Gasteiger partial charge in [-0.05, 0) is 12.1 Å². The first-order valence-corrected chi connectivity index (χ1v) is 9.54. The van der Waals surface area contributed by atoms with Gasteiger partial charge in [0.15, 0.2) is 6.10 Å². The zero-order valence-corrected chi connectivity index (χ0v) is 16.0. The summed E-state index contributed by atoms with van der Waals surface area (Å²) in [5, 5.41) is 4.68. The lowest BCUT2D eigenvalue weighted by atomic mass is 10.2. The predicted octanol–water partition coefficient (Wildman–Crippen LogP) is 1.76. The van der Waals surface area contributed by atoms with Crippen molar-refractivity contribution in [3.63, 3.8) is 0 Å². The van der Waals surface area contributed by atoms with E-state index in [9.17, 15) is 9.18 Å². The largest absolute Gasteiger partial charge is 0.441 e. The molecular weight excluding hydrogens is 379 g/mol. The number of carbonyl (C=O) groups excluding carboxylic acids is 1. The average molecular weight is 400 g/mol. The molecule has 10 heteroatoms. The molecule has 2 fully saturated rings. The molecule has 29 heavy (non-hydrogen) atoms. The average Bonchev–Trinajstić information content (AvgIpc) is 3.26. The van der Waals surface area contributed by atoms with Gasteiger partial charge in [-0.2, -0.15) is 4.39 Å². The second-order valence-electron chi connectivity index (χ2n) is 7.30. The number of hydrogen-bond acceptors (Lipinski definition) is 6. The fourth-order valence-corrected chi connectivity index (χ4v) is 3.70. The van der Waals surface area contributed by atoms with Gasteiger partial charge in [-0.3, -0.25) is 4.68 Å². The van der Waals surface area contributed by atoms with E-state index in [2.05, 4.69) is 20.0 Å². The van der Waals surface area contributed by atoms with E-state index in [1.165, 1.54) is 4.68 Å². The summed E-state index contributed by atoms with van der Waals surface area (Å²) in [7, 11) is 1.68. The summed E-state index contributed by atoms with van der Waals surface area (Å²) in [5.74, 6) is -0.524. The number of ether oxygens (including phenoxy) is 2. The fraction of sp³-hybridized carbons (Fsp3) is 0.421. The van der Waals surface area contributed by atoms with Gasteiger partial charge < -0.3 is 24.3 Å². The fourth-order valence-electron chi connectivity index (χ4n) is 3.70. The van der Waals surface area contributed by atoms with Crippen molar-refractivity contribution in [3.8, 4) is 11.3 Å². The number of rotatable bonds is 3. The van der Waals surface area contributed by atoms with Gasteiger partial charge in [0.1, 0.15) is 5.65 Å². The number of anilines is 1. The molecule has 3 aromatic heterocycles. The van der Waals surface area contributed by atoms with E-state index in [1.54, 1.807) is 24.3 Å². The van der Waals surface area contributed by atoms with Crippen LogP contribution in [0.15, 0.2) is 24.5 Å². The molecule has 0 aromatic carbocycles. The Morgan fingerprint density at radius 2 is 2.10 bits per heavy atom. The summed E-state index contributed by atoms with van der Waals surface area (Å²) in [4.78, 5) is 23.7. The standard InChI is InChI=1S/C19H21FN6O3/c1-24-9-14(17(20)23-24)15-8-13-16(2-3-21-18(13)22-15)25-4-6-26(7-5-25)19(27)29-12-10-28-11-12/h2-3,8-9,12H,4-7,10-11H2,1H3,(H,21,22). The lowest BCUT2D eigenvalue weighted by Crippen LogP contribution is -2.51. The van der Waals surface area contributed by atoms with Gasteiger partial charge in [0, 0.05) is 56.7 Å². The van der Waals surface area contributed by atoms with Gasteiger partial charge in [-0.1, -0.05) is 0 Å². The van der Waals surface area contributed by atoms with Crippen LogP contribution in [-0.2, 0) is 16.5 Å². The van der Waals surface area contributed by atoms with Crippen LogP contribution in [-0.4, -0.2) is 76.2 Å². The van der Waals surface area contributed by atoms with Gasteiger partial charge in [-0.25, -0.2) is 9.78 Å². The molecule has 3 aromatic rings. The number of piperazine rings is 1. The van der Waals surface area contributed by atoms with Crippen molar-refractivity contribution in [1.82, 2.24) is 24.6 Å². The molecule has 0 atom stereocenters. The maximum Gasteiger partial charge on any atom is 0.410 e. The Labute approximate surface area is 166 Å². The van der Waals surface area contributed by atoms with Gasteiger partial charge in [-0.15, -0.1) is 5.10 Å². The third-order valence-electron chi connectivity index (χ3n) is 5.34. The van der Waals surface area contributed by atoms with Crippen LogP contribution < -0.4 is 4.90 Å². The maximum absolute atomic E-state index is 14.1. The van der Waals surface area contributed by atoms with Crippen LogP contribution in [0, 0.1) is 5.95 Å². The number of aromatic nitrogens is 4. The summed E-state index contributed by atoms with van der Waals surface area (Å²) in [6.07, 6.45) is 2.96. The highest BCUT2D eigenvalue weighted by molar-refractivity contribution is 5.93. The first-order chi connectivity index (χ1) is 14.1. The molecule has 0 aliphatic carbocycles. The second-order valence-corrected chi connectivity index (χ2v) is 7.30. The molecule has 2 saturated heterocycles. The molecule has 5 rings (SSSR count). The Kier molecular flexibility index (Phi) is 4.35. The highest BCUT2D eigenvalue weighted by Gasteiger charge is 2.28. The van der Waals surface area contributed by atoms with Crippen LogP contribution in [0.4, 0.5) is 14.9 Å². The zero-order chi connectivity index (χ0) is 20.0. The van der Waals surface area contributed by atoms with E-state index in [-0.39, 0.29) is 12.2 Å². The SMILES string of the molecule is Cn1cc(-c2cc3c(N4CCN(C(=O)OC5COC5)CC4)ccnc3[nH]2)c(F)n1. The van der Waals surface area contributed by atoms with Crippen LogP contribution in [0.2, 0.25) is 0 Å². The van der Waals surface area contributed by atoms with Gasteiger partial charge >= 0.3 is 6.09 Å². The molecule has 5 heterocycles. The minimum atomic E-state index is -0.524. The van der Waals surface area contributed by atoms with E-state index in [1.807, 2.05) is 12.1 Å². The highest BCUT2D eigenvalue weighted by Crippen LogP contribution is 2.31. The molecule has 9 nitrogen and oxygen atoms in total. The van der Waals surface area contributed by atoms with Crippen molar-refractivity contribution in [3.05, 3.63) is 30.5 Å². The Morgan fingerprint density at radius 1 is 1.31 bits per heavy atom. The minimum absolute atomic E-state index is 0.119. The van der Waals surface area contributed by atoms with Crippen LogP contribution in [0.3, 0.4) is 0 Å². The number of amides is 1. The lowest BCUT2D eigenvalue weighted by molar-refractivity contribution is -0.104. The van der Waals surface area contributed by atoms with Crippen molar-refractivity contribution in [2.24, 2.45) is 7.05 Å². The molecule has 0 saturated carbocycles. The topological polar surface area (TPSA) is 88.5 Å². The Bertz CT molecular complexity index is 1050. The first kappa shape index (κ1) is 17.9. The molecule has 2 aliphatic heterocycles. The third-order valence-corrected chi connectivity index (χ3v) is 5.34. The number of carbonyl (C=O) groups is 1.